The molecule has 1 heterocycles. The van der Waals surface area contributed by atoms with Gasteiger partial charge in [0, 0.05) is 5.56 Å². The van der Waals surface area contributed by atoms with E-state index in [0.29, 0.717) is 10.9 Å². The number of pyridine rings is 1. The van der Waals surface area contributed by atoms with Gasteiger partial charge in [0.15, 0.2) is 6.29 Å². The number of aldehydes is 1. The summed E-state index contributed by atoms with van der Waals surface area (Å²) < 4.78 is 25.4. The molecule has 0 amide bonds. The molecule has 0 radical (unpaired) electrons. The molecule has 1 aromatic rings. The summed E-state index contributed by atoms with van der Waals surface area (Å²) in [6, 6.07) is 1.24. The van der Waals surface area contributed by atoms with Gasteiger partial charge in [0.25, 0.3) is 6.43 Å². The molecule has 0 aromatic carbocycles. The maximum absolute atomic E-state index is 12.5. The molecular weight excluding hydrogens is 279 g/mol. The molecule has 0 atom stereocenters. The summed E-state index contributed by atoms with van der Waals surface area (Å²) in [5.74, 6) is -0.153. The van der Waals surface area contributed by atoms with Crippen molar-refractivity contribution in [2.45, 2.75) is 12.3 Å². The van der Waals surface area contributed by atoms with Crippen molar-refractivity contribution in [3.63, 3.8) is 0 Å². The van der Waals surface area contributed by atoms with E-state index < -0.39 is 12.0 Å². The van der Waals surface area contributed by atoms with Gasteiger partial charge in [0.1, 0.15) is 4.60 Å². The van der Waals surface area contributed by atoms with Gasteiger partial charge in [0.2, 0.25) is 0 Å². The molecule has 76 valence electrons. The van der Waals surface area contributed by atoms with Crippen LogP contribution in [0, 0.1) is 0 Å². The molecule has 0 spiro atoms. The number of alkyl halides is 3. The standard InChI is InChI=1S/C8H5BrClF2NO/c9-6-1-4(3-14)7(8(11)12)5(2-10)13-6/h1,3,8H,2H2. The SMILES string of the molecule is O=Cc1cc(Br)nc(CCl)c1C(F)F. The Balaban J connectivity index is 3.40. The van der Waals surface area contributed by atoms with Crippen LogP contribution in [0.15, 0.2) is 10.7 Å². The van der Waals surface area contributed by atoms with Crippen LogP contribution in [0.5, 0.6) is 0 Å². The number of nitrogens with zero attached hydrogens (tertiary/aromatic N) is 1. The first-order valence-corrected chi connectivity index (χ1v) is 4.91. The van der Waals surface area contributed by atoms with Gasteiger partial charge in [-0.15, -0.1) is 11.6 Å². The van der Waals surface area contributed by atoms with Crippen LogP contribution in [0.2, 0.25) is 0 Å². The highest BCUT2D eigenvalue weighted by Gasteiger charge is 2.19. The van der Waals surface area contributed by atoms with E-state index in [-0.39, 0.29) is 17.1 Å². The van der Waals surface area contributed by atoms with Gasteiger partial charge < -0.3 is 0 Å². The summed E-state index contributed by atoms with van der Waals surface area (Å²) in [5, 5.41) is 0. The lowest BCUT2D eigenvalue weighted by Gasteiger charge is -2.08. The van der Waals surface area contributed by atoms with Crippen molar-refractivity contribution in [1.82, 2.24) is 4.98 Å². The Morgan fingerprint density at radius 3 is 2.71 bits per heavy atom. The van der Waals surface area contributed by atoms with Gasteiger partial charge in [-0.2, -0.15) is 0 Å². The molecule has 0 bridgehead atoms. The second-order valence-corrected chi connectivity index (χ2v) is 3.53. The minimum atomic E-state index is -2.75. The van der Waals surface area contributed by atoms with Crippen molar-refractivity contribution in [2.24, 2.45) is 0 Å². The minimum Gasteiger partial charge on any atom is -0.298 e. The highest BCUT2D eigenvalue weighted by atomic mass is 79.9. The van der Waals surface area contributed by atoms with Gasteiger partial charge in [-0.1, -0.05) is 0 Å². The molecular formula is C8H5BrClF2NO. The van der Waals surface area contributed by atoms with Crippen LogP contribution in [0.1, 0.15) is 28.0 Å². The zero-order valence-corrected chi connectivity index (χ0v) is 9.15. The quantitative estimate of drug-likeness (QED) is 0.484. The molecule has 0 aliphatic heterocycles. The van der Waals surface area contributed by atoms with Crippen LogP contribution in [0.25, 0.3) is 0 Å². The lowest BCUT2D eigenvalue weighted by molar-refractivity contribution is 0.110. The Kier molecular flexibility index (Phi) is 3.95. The molecule has 14 heavy (non-hydrogen) atoms. The first-order chi connectivity index (χ1) is 6.60. The molecule has 1 aromatic heterocycles. The molecule has 6 heteroatoms. The van der Waals surface area contributed by atoms with E-state index in [9.17, 15) is 13.6 Å². The fourth-order valence-electron chi connectivity index (χ4n) is 1.05. The lowest BCUT2D eigenvalue weighted by Crippen LogP contribution is -2.02. The number of rotatable bonds is 3. The van der Waals surface area contributed by atoms with E-state index in [1.54, 1.807) is 0 Å². The fraction of sp³-hybridized carbons (Fsp3) is 0.250. The van der Waals surface area contributed by atoms with Crippen LogP contribution in [0.3, 0.4) is 0 Å². The fourth-order valence-corrected chi connectivity index (χ4v) is 1.71. The second-order valence-electron chi connectivity index (χ2n) is 2.45. The Hall–Kier alpha value is -0.550. The monoisotopic (exact) mass is 283 g/mol. The number of carbonyl (C=O) groups is 1. The molecule has 0 unspecified atom stereocenters. The second kappa shape index (κ2) is 4.79. The Labute approximate surface area is 92.4 Å². The molecule has 0 N–H and O–H groups in total. The van der Waals surface area contributed by atoms with E-state index >= 15 is 0 Å². The third-order valence-electron chi connectivity index (χ3n) is 1.61. The van der Waals surface area contributed by atoms with Gasteiger partial charge >= 0.3 is 0 Å². The molecule has 0 aliphatic rings. The van der Waals surface area contributed by atoms with Crippen LogP contribution in [-0.4, -0.2) is 11.3 Å². The molecule has 0 aliphatic carbocycles. The Morgan fingerprint density at radius 1 is 1.64 bits per heavy atom. The zero-order chi connectivity index (χ0) is 10.7. The number of halogens is 4. The Bertz CT molecular complexity index is 359. The predicted molar refractivity (Wildman–Crippen MR) is 51.8 cm³/mol. The van der Waals surface area contributed by atoms with E-state index in [2.05, 4.69) is 20.9 Å². The van der Waals surface area contributed by atoms with Gasteiger partial charge in [-0.05, 0) is 22.0 Å². The van der Waals surface area contributed by atoms with Gasteiger partial charge in [-0.25, -0.2) is 13.8 Å². The zero-order valence-electron chi connectivity index (χ0n) is 6.81. The van der Waals surface area contributed by atoms with Crippen LogP contribution in [-0.2, 0) is 5.88 Å². The van der Waals surface area contributed by atoms with Crippen molar-refractivity contribution in [3.8, 4) is 0 Å². The van der Waals surface area contributed by atoms with Crippen molar-refractivity contribution in [2.75, 3.05) is 0 Å². The molecule has 0 saturated carbocycles. The highest BCUT2D eigenvalue weighted by Crippen LogP contribution is 2.27. The van der Waals surface area contributed by atoms with Crippen molar-refractivity contribution in [3.05, 3.63) is 27.5 Å². The van der Waals surface area contributed by atoms with Crippen LogP contribution >= 0.6 is 27.5 Å². The number of aromatic nitrogens is 1. The topological polar surface area (TPSA) is 30.0 Å². The third kappa shape index (κ3) is 2.27. The smallest absolute Gasteiger partial charge is 0.266 e. The normalized spacial score (nSPS) is 10.6. The number of hydrogen-bond acceptors (Lipinski definition) is 2. The predicted octanol–water partition coefficient (Wildman–Crippen LogP) is 3.33. The van der Waals surface area contributed by atoms with Crippen LogP contribution in [0.4, 0.5) is 8.78 Å². The van der Waals surface area contributed by atoms with Gasteiger partial charge in [0.05, 0.1) is 17.1 Å². The highest BCUT2D eigenvalue weighted by molar-refractivity contribution is 9.10. The molecule has 0 fully saturated rings. The van der Waals surface area contributed by atoms with E-state index in [1.165, 1.54) is 6.07 Å². The first kappa shape index (κ1) is 11.5. The summed E-state index contributed by atoms with van der Waals surface area (Å²) >= 11 is 8.45. The number of carbonyl (C=O) groups excluding carboxylic acids is 1. The van der Waals surface area contributed by atoms with Crippen LogP contribution < -0.4 is 0 Å². The summed E-state index contributed by atoms with van der Waals surface area (Å²) in [6.45, 7) is 0. The Morgan fingerprint density at radius 2 is 2.29 bits per heavy atom. The van der Waals surface area contributed by atoms with E-state index in [0.717, 1.165) is 0 Å². The summed E-state index contributed by atoms with van der Waals surface area (Å²) in [5.41, 5.74) is -0.450. The van der Waals surface area contributed by atoms with Gasteiger partial charge in [-0.3, -0.25) is 4.79 Å². The molecule has 0 saturated heterocycles. The maximum atomic E-state index is 12.5. The number of hydrogen-bond donors (Lipinski definition) is 0. The third-order valence-corrected chi connectivity index (χ3v) is 2.27. The first-order valence-electron chi connectivity index (χ1n) is 3.58. The molecule has 1 rings (SSSR count). The minimum absolute atomic E-state index is 0.0261. The lowest BCUT2D eigenvalue weighted by atomic mass is 10.1. The van der Waals surface area contributed by atoms with Crippen molar-refractivity contribution >= 4 is 33.8 Å². The summed E-state index contributed by atoms with van der Waals surface area (Å²) in [7, 11) is 0. The maximum Gasteiger partial charge on any atom is 0.266 e. The van der Waals surface area contributed by atoms with E-state index in [1.807, 2.05) is 0 Å². The largest absolute Gasteiger partial charge is 0.298 e. The summed E-state index contributed by atoms with van der Waals surface area (Å²) in [6.07, 6.45) is -2.38. The molecule has 2 nitrogen and oxygen atoms in total. The van der Waals surface area contributed by atoms with Crippen molar-refractivity contribution < 1.29 is 13.6 Å². The van der Waals surface area contributed by atoms with Crippen molar-refractivity contribution in [1.29, 1.82) is 0 Å². The summed E-state index contributed by atoms with van der Waals surface area (Å²) in [4.78, 5) is 14.3. The van der Waals surface area contributed by atoms with E-state index in [4.69, 9.17) is 11.6 Å². The average molecular weight is 284 g/mol. The average Bonchev–Trinajstić information content (AvgIpc) is 2.15.